The Labute approximate surface area is 109 Å². The molecular weight excluding hydrogens is 236 g/mol. The van der Waals surface area contributed by atoms with Gasteiger partial charge < -0.3 is 24.3 Å². The summed E-state index contributed by atoms with van der Waals surface area (Å²) in [5, 5.41) is 6.41. The number of rotatable bonds is 0. The molecule has 6 heteroatoms. The Hall–Kier alpha value is -0.240. The molecular formula is C12H26N2O4. The predicted molar refractivity (Wildman–Crippen MR) is 68.8 cm³/mol. The summed E-state index contributed by atoms with van der Waals surface area (Å²) in [5.41, 5.74) is 0. The van der Waals surface area contributed by atoms with Crippen LogP contribution < -0.4 is 10.6 Å². The molecule has 1 aliphatic rings. The van der Waals surface area contributed by atoms with E-state index in [0.29, 0.717) is 26.6 Å². The van der Waals surface area contributed by atoms with Crippen LogP contribution in [0.25, 0.3) is 0 Å². The number of nitrogens with one attached hydrogen (secondary N) is 2. The monoisotopic (exact) mass is 262 g/mol. The van der Waals surface area contributed by atoms with Gasteiger partial charge in [0.25, 0.3) is 0 Å². The van der Waals surface area contributed by atoms with Crippen LogP contribution in [0.15, 0.2) is 0 Å². The predicted octanol–water partition coefficient (Wildman–Crippen LogP) is -0.407. The fourth-order valence-electron chi connectivity index (χ4n) is 1.46. The maximum Gasteiger partial charge on any atom is 0.0966 e. The fourth-order valence-corrected chi connectivity index (χ4v) is 1.46. The number of ether oxygens (including phenoxy) is 4. The highest BCUT2D eigenvalue weighted by Gasteiger charge is 1.94. The Kier molecular flexibility index (Phi) is 11.6. The van der Waals surface area contributed by atoms with Crippen molar-refractivity contribution in [3.8, 4) is 0 Å². The second-order valence-corrected chi connectivity index (χ2v) is 3.99. The molecule has 0 aromatic carbocycles. The van der Waals surface area contributed by atoms with Crippen LogP contribution in [0.4, 0.5) is 0 Å². The van der Waals surface area contributed by atoms with E-state index in [4.69, 9.17) is 18.9 Å². The molecule has 1 saturated heterocycles. The molecule has 1 rings (SSSR count). The van der Waals surface area contributed by atoms with E-state index < -0.39 is 0 Å². The van der Waals surface area contributed by atoms with Crippen molar-refractivity contribution < 1.29 is 18.9 Å². The lowest BCUT2D eigenvalue weighted by Crippen LogP contribution is -2.26. The molecule has 1 heterocycles. The van der Waals surface area contributed by atoms with E-state index in [0.717, 1.165) is 52.5 Å². The first-order chi connectivity index (χ1) is 9.00. The van der Waals surface area contributed by atoms with Crippen molar-refractivity contribution in [3.63, 3.8) is 0 Å². The quantitative estimate of drug-likeness (QED) is 0.619. The molecule has 6 nitrogen and oxygen atoms in total. The van der Waals surface area contributed by atoms with Crippen LogP contribution in [0.1, 0.15) is 6.42 Å². The van der Waals surface area contributed by atoms with Crippen LogP contribution in [-0.4, -0.2) is 72.6 Å². The van der Waals surface area contributed by atoms with Crippen LogP contribution >= 0.6 is 0 Å². The van der Waals surface area contributed by atoms with Crippen LogP contribution in [0, 0.1) is 0 Å². The summed E-state index contributed by atoms with van der Waals surface area (Å²) in [6, 6.07) is 0. The van der Waals surface area contributed by atoms with E-state index in [1.54, 1.807) is 0 Å². The second kappa shape index (κ2) is 13.2. The molecule has 2 N–H and O–H groups in total. The Morgan fingerprint density at radius 2 is 1.06 bits per heavy atom. The standard InChI is InChI=1S/C12H26N2O4/c1-5-15-7-2-13-3-8-16-10-11-17-9-4-14-12-18-6-1/h13-14H,1-12H2. The van der Waals surface area contributed by atoms with Crippen molar-refractivity contribution in [3.05, 3.63) is 0 Å². The molecule has 0 radical (unpaired) electrons. The third kappa shape index (κ3) is 10.9. The molecule has 108 valence electrons. The molecule has 0 spiro atoms. The Balaban J connectivity index is 2.00. The molecule has 18 heavy (non-hydrogen) atoms. The van der Waals surface area contributed by atoms with Gasteiger partial charge in [0.1, 0.15) is 0 Å². The largest absolute Gasteiger partial charge is 0.380 e. The zero-order valence-electron chi connectivity index (χ0n) is 11.1. The van der Waals surface area contributed by atoms with Crippen molar-refractivity contribution in [2.75, 3.05) is 72.6 Å². The number of hydrogen-bond donors (Lipinski definition) is 2. The van der Waals surface area contributed by atoms with Gasteiger partial charge in [-0.2, -0.15) is 0 Å². The van der Waals surface area contributed by atoms with Gasteiger partial charge in [-0.3, -0.25) is 5.32 Å². The van der Waals surface area contributed by atoms with E-state index >= 15 is 0 Å². The van der Waals surface area contributed by atoms with Crippen molar-refractivity contribution >= 4 is 0 Å². The lowest BCUT2D eigenvalue weighted by Gasteiger charge is -2.10. The minimum Gasteiger partial charge on any atom is -0.380 e. The van der Waals surface area contributed by atoms with Crippen molar-refractivity contribution in [2.24, 2.45) is 0 Å². The molecule has 0 bridgehead atoms. The van der Waals surface area contributed by atoms with Gasteiger partial charge in [0.15, 0.2) is 0 Å². The van der Waals surface area contributed by atoms with Crippen LogP contribution in [0.5, 0.6) is 0 Å². The highest BCUT2D eigenvalue weighted by Crippen LogP contribution is 1.85. The molecule has 1 aliphatic heterocycles. The van der Waals surface area contributed by atoms with E-state index in [2.05, 4.69) is 10.6 Å². The van der Waals surface area contributed by atoms with Gasteiger partial charge in [0.2, 0.25) is 0 Å². The van der Waals surface area contributed by atoms with Crippen molar-refractivity contribution in [1.29, 1.82) is 0 Å². The molecule has 0 amide bonds. The molecule has 1 fully saturated rings. The summed E-state index contributed by atoms with van der Waals surface area (Å²) in [6.07, 6.45) is 0.932. The first-order valence-electron chi connectivity index (χ1n) is 6.72. The summed E-state index contributed by atoms with van der Waals surface area (Å²) < 4.78 is 21.6. The summed E-state index contributed by atoms with van der Waals surface area (Å²) in [7, 11) is 0. The minimum atomic E-state index is 0.571. The molecule has 0 saturated carbocycles. The highest BCUT2D eigenvalue weighted by molar-refractivity contribution is 4.46. The second-order valence-electron chi connectivity index (χ2n) is 3.99. The van der Waals surface area contributed by atoms with E-state index in [1.807, 2.05) is 0 Å². The Bertz CT molecular complexity index is 97.1. The third-order valence-corrected chi connectivity index (χ3v) is 2.42. The third-order valence-electron chi connectivity index (χ3n) is 2.42. The molecule has 0 aliphatic carbocycles. The zero-order valence-corrected chi connectivity index (χ0v) is 11.1. The van der Waals surface area contributed by atoms with Gasteiger partial charge in [0.05, 0.1) is 46.4 Å². The molecule has 0 unspecified atom stereocenters. The number of hydrogen-bond acceptors (Lipinski definition) is 6. The van der Waals surface area contributed by atoms with Gasteiger partial charge in [-0.15, -0.1) is 0 Å². The topological polar surface area (TPSA) is 61.0 Å². The normalized spacial score (nSPS) is 24.0. The van der Waals surface area contributed by atoms with Crippen LogP contribution in [0.3, 0.4) is 0 Å². The Morgan fingerprint density at radius 3 is 1.78 bits per heavy atom. The summed E-state index contributed by atoms with van der Waals surface area (Å²) in [6.45, 7) is 8.01. The average Bonchev–Trinajstić information content (AvgIpc) is 2.39. The first-order valence-corrected chi connectivity index (χ1v) is 6.72. The molecule has 0 atom stereocenters. The molecule has 0 aromatic heterocycles. The van der Waals surface area contributed by atoms with Crippen LogP contribution in [-0.2, 0) is 18.9 Å². The van der Waals surface area contributed by atoms with Gasteiger partial charge in [-0.25, -0.2) is 0 Å². The smallest absolute Gasteiger partial charge is 0.0966 e. The minimum absolute atomic E-state index is 0.571. The first kappa shape index (κ1) is 15.8. The van der Waals surface area contributed by atoms with Crippen molar-refractivity contribution in [1.82, 2.24) is 10.6 Å². The summed E-state index contributed by atoms with van der Waals surface area (Å²) >= 11 is 0. The van der Waals surface area contributed by atoms with E-state index in [9.17, 15) is 0 Å². The lowest BCUT2D eigenvalue weighted by molar-refractivity contribution is 0.0398. The van der Waals surface area contributed by atoms with Crippen LogP contribution in [0.2, 0.25) is 0 Å². The Morgan fingerprint density at radius 1 is 0.500 bits per heavy atom. The summed E-state index contributed by atoms with van der Waals surface area (Å²) in [4.78, 5) is 0. The lowest BCUT2D eigenvalue weighted by atomic mass is 10.5. The van der Waals surface area contributed by atoms with Crippen molar-refractivity contribution in [2.45, 2.75) is 6.42 Å². The highest BCUT2D eigenvalue weighted by atomic mass is 16.5. The summed E-state index contributed by atoms with van der Waals surface area (Å²) in [5.74, 6) is 0. The SMILES string of the molecule is C1COCCNCCOCCOCCNCOC1. The fraction of sp³-hybridized carbons (Fsp3) is 1.00. The van der Waals surface area contributed by atoms with E-state index in [-0.39, 0.29) is 0 Å². The van der Waals surface area contributed by atoms with E-state index in [1.165, 1.54) is 0 Å². The van der Waals surface area contributed by atoms with Gasteiger partial charge >= 0.3 is 0 Å². The van der Waals surface area contributed by atoms with Gasteiger partial charge in [0, 0.05) is 26.2 Å². The maximum absolute atomic E-state index is 5.46. The maximum atomic E-state index is 5.46. The average molecular weight is 262 g/mol. The van der Waals surface area contributed by atoms with Gasteiger partial charge in [-0.05, 0) is 6.42 Å². The van der Waals surface area contributed by atoms with Gasteiger partial charge in [-0.1, -0.05) is 0 Å². The zero-order chi connectivity index (χ0) is 12.7. The molecule has 0 aromatic rings.